The summed E-state index contributed by atoms with van der Waals surface area (Å²) in [6, 6.07) is 22.8. The molecule has 0 saturated heterocycles. The Balaban J connectivity index is 1.48. The Kier molecular flexibility index (Phi) is 6.03. The maximum Gasteiger partial charge on any atom is 0.303 e. The van der Waals surface area contributed by atoms with Crippen molar-refractivity contribution >= 4 is 16.9 Å². The largest absolute Gasteiger partial charge is 0.489 e. The first-order valence-corrected chi connectivity index (χ1v) is 10.3. The number of ether oxygens (including phenoxy) is 1. The first-order chi connectivity index (χ1) is 15.0. The Labute approximate surface area is 180 Å². The van der Waals surface area contributed by atoms with Crippen LogP contribution in [0.2, 0.25) is 0 Å². The van der Waals surface area contributed by atoms with Crippen LogP contribution in [0, 0.1) is 5.82 Å². The summed E-state index contributed by atoms with van der Waals surface area (Å²) >= 11 is 0. The predicted molar refractivity (Wildman–Crippen MR) is 119 cm³/mol. The van der Waals surface area contributed by atoms with E-state index in [0.29, 0.717) is 17.9 Å². The van der Waals surface area contributed by atoms with Crippen molar-refractivity contribution in [1.29, 1.82) is 0 Å². The summed E-state index contributed by atoms with van der Waals surface area (Å²) in [6.45, 7) is 2.70. The predicted octanol–water partition coefficient (Wildman–Crippen LogP) is 5.99. The number of carbonyl (C=O) groups is 1. The summed E-state index contributed by atoms with van der Waals surface area (Å²) in [5, 5.41) is 9.79. The zero-order valence-corrected chi connectivity index (χ0v) is 17.3. The summed E-state index contributed by atoms with van der Waals surface area (Å²) < 4.78 is 22.5. The van der Waals surface area contributed by atoms with Gasteiger partial charge in [0, 0.05) is 29.2 Å². The van der Waals surface area contributed by atoms with Gasteiger partial charge in [0.05, 0.1) is 6.42 Å². The SMILES string of the molecule is C[C@@H](CC(=O)O)c1ccc(OCc2cc3c(ccn3Cc3ccccc3)cc2F)cc1. The molecule has 1 heterocycles. The van der Waals surface area contributed by atoms with Crippen LogP contribution in [0.5, 0.6) is 5.75 Å². The van der Waals surface area contributed by atoms with E-state index >= 15 is 0 Å². The van der Waals surface area contributed by atoms with Gasteiger partial charge < -0.3 is 14.4 Å². The Morgan fingerprint density at radius 1 is 1.06 bits per heavy atom. The lowest BCUT2D eigenvalue weighted by atomic mass is 9.98. The molecule has 1 aromatic heterocycles. The van der Waals surface area contributed by atoms with E-state index in [1.54, 1.807) is 18.2 Å². The minimum Gasteiger partial charge on any atom is -0.489 e. The van der Waals surface area contributed by atoms with Gasteiger partial charge in [-0.1, -0.05) is 49.4 Å². The molecule has 0 fully saturated rings. The smallest absolute Gasteiger partial charge is 0.303 e. The number of rotatable bonds is 8. The number of hydrogen-bond acceptors (Lipinski definition) is 2. The molecule has 0 saturated carbocycles. The van der Waals surface area contributed by atoms with E-state index in [1.165, 1.54) is 5.56 Å². The minimum absolute atomic E-state index is 0.0774. The summed E-state index contributed by atoms with van der Waals surface area (Å²) in [6.07, 6.45) is 2.05. The molecule has 0 aliphatic carbocycles. The van der Waals surface area contributed by atoms with E-state index in [0.717, 1.165) is 16.5 Å². The molecule has 4 aromatic rings. The molecule has 0 amide bonds. The van der Waals surface area contributed by atoms with Crippen LogP contribution in [0.4, 0.5) is 4.39 Å². The van der Waals surface area contributed by atoms with Gasteiger partial charge in [0.25, 0.3) is 0 Å². The molecule has 31 heavy (non-hydrogen) atoms. The lowest BCUT2D eigenvalue weighted by Crippen LogP contribution is -2.03. The van der Waals surface area contributed by atoms with Gasteiger partial charge in [0.1, 0.15) is 18.2 Å². The quantitative estimate of drug-likeness (QED) is 0.383. The number of aliphatic carboxylic acids is 1. The van der Waals surface area contributed by atoms with E-state index < -0.39 is 5.97 Å². The second kappa shape index (κ2) is 9.04. The molecular formula is C26H24FNO3. The second-order valence-corrected chi connectivity index (χ2v) is 7.79. The van der Waals surface area contributed by atoms with Crippen molar-refractivity contribution in [3.63, 3.8) is 0 Å². The average molecular weight is 417 g/mol. The van der Waals surface area contributed by atoms with E-state index in [2.05, 4.69) is 16.7 Å². The molecule has 0 unspecified atom stereocenters. The molecule has 5 heteroatoms. The standard InChI is InChI=1S/C26H24FNO3/c1-18(13-26(29)30)20-7-9-23(10-8-20)31-17-22-15-25-21(14-24(22)27)11-12-28(25)16-19-5-3-2-4-6-19/h2-12,14-15,18H,13,16-17H2,1H3,(H,29,30)/t18-/m0/s1. The summed E-state index contributed by atoms with van der Waals surface area (Å²) in [7, 11) is 0. The highest BCUT2D eigenvalue weighted by molar-refractivity contribution is 5.81. The molecule has 1 N–H and O–H groups in total. The fourth-order valence-electron chi connectivity index (χ4n) is 3.72. The molecule has 0 bridgehead atoms. The Hall–Kier alpha value is -3.60. The van der Waals surface area contributed by atoms with Crippen LogP contribution in [0.3, 0.4) is 0 Å². The first kappa shape index (κ1) is 20.7. The van der Waals surface area contributed by atoms with Crippen LogP contribution in [0.1, 0.15) is 36.0 Å². The van der Waals surface area contributed by atoms with E-state index in [1.807, 2.05) is 55.6 Å². The van der Waals surface area contributed by atoms with Gasteiger partial charge in [0.15, 0.2) is 0 Å². The summed E-state index contributed by atoms with van der Waals surface area (Å²) in [4.78, 5) is 10.9. The fraction of sp³-hybridized carbons (Fsp3) is 0.192. The maximum absolute atomic E-state index is 14.6. The van der Waals surface area contributed by atoms with Gasteiger partial charge in [-0.05, 0) is 47.4 Å². The maximum atomic E-state index is 14.6. The zero-order chi connectivity index (χ0) is 21.8. The van der Waals surface area contributed by atoms with Crippen LogP contribution >= 0.6 is 0 Å². The minimum atomic E-state index is -0.823. The van der Waals surface area contributed by atoms with Gasteiger partial charge in [-0.2, -0.15) is 0 Å². The van der Waals surface area contributed by atoms with Crippen LogP contribution in [-0.4, -0.2) is 15.6 Å². The molecule has 4 nitrogen and oxygen atoms in total. The molecule has 0 aliphatic heterocycles. The van der Waals surface area contributed by atoms with Crippen molar-refractivity contribution in [1.82, 2.24) is 4.57 Å². The third-order valence-electron chi connectivity index (χ3n) is 5.46. The Morgan fingerprint density at radius 2 is 1.81 bits per heavy atom. The van der Waals surface area contributed by atoms with Crippen LogP contribution in [0.25, 0.3) is 10.9 Å². The molecular weight excluding hydrogens is 393 g/mol. The van der Waals surface area contributed by atoms with Crippen molar-refractivity contribution in [2.75, 3.05) is 0 Å². The van der Waals surface area contributed by atoms with Crippen molar-refractivity contribution < 1.29 is 19.0 Å². The number of aromatic nitrogens is 1. The monoisotopic (exact) mass is 417 g/mol. The van der Waals surface area contributed by atoms with E-state index in [-0.39, 0.29) is 24.8 Å². The lowest BCUT2D eigenvalue weighted by Gasteiger charge is -2.12. The third kappa shape index (κ3) is 4.94. The molecule has 1 atom stereocenters. The highest BCUT2D eigenvalue weighted by Crippen LogP contribution is 2.25. The fourth-order valence-corrected chi connectivity index (χ4v) is 3.72. The normalized spacial score (nSPS) is 12.1. The van der Waals surface area contributed by atoms with Crippen LogP contribution < -0.4 is 4.74 Å². The van der Waals surface area contributed by atoms with Gasteiger partial charge in [-0.15, -0.1) is 0 Å². The van der Waals surface area contributed by atoms with Crippen LogP contribution in [-0.2, 0) is 17.9 Å². The topological polar surface area (TPSA) is 51.5 Å². The molecule has 4 rings (SSSR count). The van der Waals surface area contributed by atoms with E-state index in [4.69, 9.17) is 9.84 Å². The lowest BCUT2D eigenvalue weighted by molar-refractivity contribution is -0.137. The van der Waals surface area contributed by atoms with Gasteiger partial charge >= 0.3 is 5.97 Å². The van der Waals surface area contributed by atoms with Crippen molar-refractivity contribution in [3.8, 4) is 5.75 Å². The highest BCUT2D eigenvalue weighted by atomic mass is 19.1. The molecule has 0 radical (unpaired) electrons. The molecule has 0 aliphatic rings. The number of hydrogen-bond donors (Lipinski definition) is 1. The highest BCUT2D eigenvalue weighted by Gasteiger charge is 2.12. The number of carboxylic acids is 1. The summed E-state index contributed by atoms with van der Waals surface area (Å²) in [5.41, 5.74) is 3.56. The average Bonchev–Trinajstić information content (AvgIpc) is 3.14. The van der Waals surface area contributed by atoms with Crippen molar-refractivity contribution in [2.24, 2.45) is 0 Å². The molecule has 3 aromatic carbocycles. The second-order valence-electron chi connectivity index (χ2n) is 7.79. The Morgan fingerprint density at radius 3 is 2.52 bits per heavy atom. The van der Waals surface area contributed by atoms with Gasteiger partial charge in [-0.25, -0.2) is 4.39 Å². The molecule has 158 valence electrons. The van der Waals surface area contributed by atoms with Gasteiger partial charge in [-0.3, -0.25) is 4.79 Å². The van der Waals surface area contributed by atoms with Gasteiger partial charge in [0.2, 0.25) is 0 Å². The van der Waals surface area contributed by atoms with Crippen LogP contribution in [0.15, 0.2) is 79.0 Å². The Bertz CT molecular complexity index is 1180. The number of halogens is 1. The number of carboxylic acid groups (broad SMARTS) is 1. The number of fused-ring (bicyclic) bond motifs is 1. The zero-order valence-electron chi connectivity index (χ0n) is 17.3. The first-order valence-electron chi connectivity index (χ1n) is 10.3. The number of benzene rings is 3. The van der Waals surface area contributed by atoms with Crippen molar-refractivity contribution in [3.05, 3.63) is 102 Å². The molecule has 0 spiro atoms. The third-order valence-corrected chi connectivity index (χ3v) is 5.46. The van der Waals surface area contributed by atoms with E-state index in [9.17, 15) is 9.18 Å². The summed E-state index contributed by atoms with van der Waals surface area (Å²) in [5.74, 6) is -0.582. The number of nitrogens with zero attached hydrogens (tertiary/aromatic N) is 1. The van der Waals surface area contributed by atoms with Crippen molar-refractivity contribution in [2.45, 2.75) is 32.4 Å².